The van der Waals surface area contributed by atoms with E-state index >= 15 is 0 Å². The Morgan fingerprint density at radius 3 is 2.92 bits per heavy atom. The van der Waals surface area contributed by atoms with Crippen LogP contribution < -0.4 is 0 Å². The van der Waals surface area contributed by atoms with E-state index in [2.05, 4.69) is 6.58 Å². The fourth-order valence-electron chi connectivity index (χ4n) is 1.09. The normalized spacial score (nSPS) is 33.8. The van der Waals surface area contributed by atoms with Crippen LogP contribution in [0.3, 0.4) is 0 Å². The van der Waals surface area contributed by atoms with Gasteiger partial charge in [-0.3, -0.25) is 0 Å². The second-order valence-electron chi connectivity index (χ2n) is 3.00. The number of ether oxygens (including phenoxy) is 3. The molecular weight excluding hydrogens is 172 g/mol. The summed E-state index contributed by atoms with van der Waals surface area (Å²) in [4.78, 5) is 11.0. The monoisotopic (exact) mass is 186 g/mol. The van der Waals surface area contributed by atoms with E-state index in [0.717, 1.165) is 6.08 Å². The van der Waals surface area contributed by atoms with Gasteiger partial charge in [0.25, 0.3) is 0 Å². The van der Waals surface area contributed by atoms with E-state index in [4.69, 9.17) is 14.2 Å². The predicted molar refractivity (Wildman–Crippen MR) is 46.1 cm³/mol. The first-order valence-corrected chi connectivity index (χ1v) is 4.19. The van der Waals surface area contributed by atoms with Crippen LogP contribution in [0.2, 0.25) is 0 Å². The van der Waals surface area contributed by atoms with Gasteiger partial charge in [0.1, 0.15) is 6.10 Å². The summed E-state index contributed by atoms with van der Waals surface area (Å²) in [6.45, 7) is 7.76. The molecule has 0 saturated carbocycles. The van der Waals surface area contributed by atoms with Crippen LogP contribution in [0.25, 0.3) is 0 Å². The van der Waals surface area contributed by atoms with Crippen LogP contribution in [0.4, 0.5) is 0 Å². The third-order valence-corrected chi connectivity index (χ3v) is 2.05. The number of rotatable bonds is 2. The summed E-state index contributed by atoms with van der Waals surface area (Å²) < 4.78 is 15.7. The molecule has 1 heterocycles. The van der Waals surface area contributed by atoms with Gasteiger partial charge in [-0.15, -0.1) is 0 Å². The lowest BCUT2D eigenvalue weighted by Crippen LogP contribution is -2.50. The van der Waals surface area contributed by atoms with E-state index in [1.807, 2.05) is 0 Å². The molecule has 1 fully saturated rings. The molecule has 0 aliphatic carbocycles. The van der Waals surface area contributed by atoms with E-state index < -0.39 is 11.8 Å². The lowest BCUT2D eigenvalue weighted by molar-refractivity contribution is -0.296. The molecule has 0 radical (unpaired) electrons. The molecule has 0 bridgehead atoms. The molecule has 74 valence electrons. The lowest BCUT2D eigenvalue weighted by Gasteiger charge is -2.37. The van der Waals surface area contributed by atoms with E-state index in [9.17, 15) is 4.79 Å². The van der Waals surface area contributed by atoms with Gasteiger partial charge in [-0.1, -0.05) is 6.58 Å². The largest absolute Gasteiger partial charge is 0.427 e. The van der Waals surface area contributed by atoms with Crippen molar-refractivity contribution in [1.82, 2.24) is 0 Å². The Hall–Kier alpha value is -0.870. The van der Waals surface area contributed by atoms with E-state index in [1.165, 1.54) is 0 Å². The molecule has 2 unspecified atom stereocenters. The van der Waals surface area contributed by atoms with Crippen molar-refractivity contribution < 1.29 is 19.0 Å². The lowest BCUT2D eigenvalue weighted by atomic mass is 10.2. The Labute approximate surface area is 77.5 Å². The van der Waals surface area contributed by atoms with Gasteiger partial charge in [0.05, 0.1) is 13.2 Å². The average Bonchev–Trinajstić information content (AvgIpc) is 2.10. The van der Waals surface area contributed by atoms with Crippen molar-refractivity contribution in [2.24, 2.45) is 0 Å². The molecule has 0 spiro atoms. The maximum Gasteiger partial charge on any atom is 0.332 e. The number of hydrogen-bond donors (Lipinski definition) is 0. The average molecular weight is 186 g/mol. The summed E-state index contributed by atoms with van der Waals surface area (Å²) in [5.41, 5.74) is 0. The van der Waals surface area contributed by atoms with Crippen molar-refractivity contribution in [2.45, 2.75) is 25.7 Å². The minimum absolute atomic E-state index is 0.259. The Morgan fingerprint density at radius 1 is 1.69 bits per heavy atom. The van der Waals surface area contributed by atoms with Crippen molar-refractivity contribution in [2.75, 3.05) is 13.2 Å². The zero-order chi connectivity index (χ0) is 9.90. The maximum absolute atomic E-state index is 11.0. The summed E-state index contributed by atoms with van der Waals surface area (Å²) in [7, 11) is 0. The van der Waals surface area contributed by atoms with Crippen molar-refractivity contribution in [3.05, 3.63) is 12.7 Å². The first-order chi connectivity index (χ1) is 6.08. The molecule has 1 aliphatic heterocycles. The Morgan fingerprint density at radius 2 is 2.38 bits per heavy atom. The molecule has 0 aromatic rings. The maximum atomic E-state index is 11.0. The number of carbonyl (C=O) groups excluding carboxylic acids is 1. The van der Waals surface area contributed by atoms with Crippen LogP contribution in [-0.2, 0) is 19.0 Å². The number of hydrogen-bond acceptors (Lipinski definition) is 4. The van der Waals surface area contributed by atoms with Crippen molar-refractivity contribution >= 4 is 5.97 Å². The molecule has 0 aromatic heterocycles. The molecular formula is C9H14O4. The Kier molecular flexibility index (Phi) is 3.06. The summed E-state index contributed by atoms with van der Waals surface area (Å²) in [5, 5.41) is 0. The molecule has 0 amide bonds. The highest BCUT2D eigenvalue weighted by molar-refractivity contribution is 5.81. The quantitative estimate of drug-likeness (QED) is 0.474. The SMILES string of the molecule is C=CC(=O)OC1(C)OCCOC1C. The first-order valence-electron chi connectivity index (χ1n) is 4.19. The zero-order valence-corrected chi connectivity index (χ0v) is 7.91. The summed E-state index contributed by atoms with van der Waals surface area (Å²) in [6.07, 6.45) is 0.848. The highest BCUT2D eigenvalue weighted by atomic mass is 16.7. The topological polar surface area (TPSA) is 44.8 Å². The molecule has 4 heteroatoms. The predicted octanol–water partition coefficient (Wildman–Crippen LogP) is 0.867. The van der Waals surface area contributed by atoms with E-state index in [0.29, 0.717) is 13.2 Å². The molecule has 13 heavy (non-hydrogen) atoms. The standard InChI is InChI=1S/C9H14O4/c1-4-8(10)13-9(3)7(2)11-5-6-12-9/h4,7H,1,5-6H2,2-3H3. The van der Waals surface area contributed by atoms with Crippen molar-refractivity contribution in [3.63, 3.8) is 0 Å². The van der Waals surface area contributed by atoms with Crippen molar-refractivity contribution in [3.8, 4) is 0 Å². The van der Waals surface area contributed by atoms with Crippen molar-refractivity contribution in [1.29, 1.82) is 0 Å². The first kappa shape index (κ1) is 10.2. The minimum atomic E-state index is -0.983. The molecule has 0 aromatic carbocycles. The zero-order valence-electron chi connectivity index (χ0n) is 7.91. The third-order valence-electron chi connectivity index (χ3n) is 2.05. The van der Waals surface area contributed by atoms with Gasteiger partial charge in [0, 0.05) is 13.0 Å². The van der Waals surface area contributed by atoms with Crippen LogP contribution in [0.15, 0.2) is 12.7 Å². The summed E-state index contributed by atoms with van der Waals surface area (Å²) >= 11 is 0. The van der Waals surface area contributed by atoms with Crippen LogP contribution >= 0.6 is 0 Å². The fourth-order valence-corrected chi connectivity index (χ4v) is 1.09. The third kappa shape index (κ3) is 2.29. The van der Waals surface area contributed by atoms with E-state index in [-0.39, 0.29) is 6.10 Å². The van der Waals surface area contributed by atoms with Crippen LogP contribution in [-0.4, -0.2) is 31.1 Å². The second kappa shape index (κ2) is 3.89. The fraction of sp³-hybridized carbons (Fsp3) is 0.667. The van der Waals surface area contributed by atoms with Crippen LogP contribution in [0, 0.1) is 0 Å². The van der Waals surface area contributed by atoms with Gasteiger partial charge in [-0.25, -0.2) is 4.79 Å². The molecule has 1 rings (SSSR count). The molecule has 2 atom stereocenters. The molecule has 0 N–H and O–H groups in total. The van der Waals surface area contributed by atoms with Gasteiger partial charge >= 0.3 is 5.97 Å². The number of carbonyl (C=O) groups is 1. The van der Waals surface area contributed by atoms with E-state index in [1.54, 1.807) is 13.8 Å². The second-order valence-corrected chi connectivity index (χ2v) is 3.00. The van der Waals surface area contributed by atoms with Gasteiger partial charge < -0.3 is 14.2 Å². The highest BCUT2D eigenvalue weighted by Crippen LogP contribution is 2.24. The van der Waals surface area contributed by atoms with Crippen LogP contribution in [0.1, 0.15) is 13.8 Å². The minimum Gasteiger partial charge on any atom is -0.427 e. The smallest absolute Gasteiger partial charge is 0.332 e. The molecule has 1 aliphatic rings. The van der Waals surface area contributed by atoms with Crippen LogP contribution in [0.5, 0.6) is 0 Å². The van der Waals surface area contributed by atoms with Gasteiger partial charge in [-0.05, 0) is 6.92 Å². The summed E-state index contributed by atoms with van der Waals surface area (Å²) in [6, 6.07) is 0. The highest BCUT2D eigenvalue weighted by Gasteiger charge is 2.39. The Balaban J connectivity index is 2.61. The van der Waals surface area contributed by atoms with Gasteiger partial charge in [0.2, 0.25) is 5.79 Å². The molecule has 1 saturated heterocycles. The van der Waals surface area contributed by atoms with Gasteiger partial charge in [-0.2, -0.15) is 0 Å². The Bertz CT molecular complexity index is 214. The van der Waals surface area contributed by atoms with Gasteiger partial charge in [0.15, 0.2) is 0 Å². The number of esters is 1. The molecule has 4 nitrogen and oxygen atoms in total. The summed E-state index contributed by atoms with van der Waals surface area (Å²) in [5.74, 6) is -1.48.